The van der Waals surface area contributed by atoms with Crippen LogP contribution in [-0.2, 0) is 26.2 Å². The number of aliphatic imine (C=N–C) groups is 1. The predicted octanol–water partition coefficient (Wildman–Crippen LogP) is 0.921. The Hall–Kier alpha value is -1.38. The molecular formula is C26H24Cl2NSiZr. The SMILES string of the molecule is CC1=C2C3=CN=CC3=C1[Si]2(C)C.Cc1cc2c(-c3ccccc3)cccc2[cH-]1.[Cl-].[Cl-].[Zr+3]. The molecule has 0 fully saturated rings. The molecule has 4 aliphatic rings. The van der Waals surface area contributed by atoms with Gasteiger partial charge in [-0.05, 0) is 22.9 Å². The topological polar surface area (TPSA) is 12.4 Å². The van der Waals surface area contributed by atoms with E-state index in [0.29, 0.717) is 0 Å². The van der Waals surface area contributed by atoms with Gasteiger partial charge in [-0.25, -0.2) is 0 Å². The number of halogens is 2. The van der Waals surface area contributed by atoms with E-state index in [2.05, 4.69) is 92.6 Å². The van der Waals surface area contributed by atoms with E-state index in [9.17, 15) is 0 Å². The normalized spacial score (nSPS) is 16.3. The molecule has 1 aliphatic carbocycles. The number of rotatable bonds is 1. The van der Waals surface area contributed by atoms with E-state index in [1.807, 2.05) is 12.4 Å². The fourth-order valence-corrected chi connectivity index (χ4v) is 9.11. The zero-order valence-electron chi connectivity index (χ0n) is 18.1. The first-order valence-electron chi connectivity index (χ1n) is 9.90. The van der Waals surface area contributed by atoms with Crippen LogP contribution in [0.4, 0.5) is 0 Å². The summed E-state index contributed by atoms with van der Waals surface area (Å²) >= 11 is 0. The summed E-state index contributed by atoms with van der Waals surface area (Å²) in [5, 5.41) is 6.00. The summed E-state index contributed by atoms with van der Waals surface area (Å²) in [7, 11) is -1.11. The fourth-order valence-electron chi connectivity index (χ4n) is 5.18. The van der Waals surface area contributed by atoms with Crippen molar-refractivity contribution in [2.45, 2.75) is 26.9 Å². The van der Waals surface area contributed by atoms with Crippen LogP contribution in [0, 0.1) is 6.92 Å². The van der Waals surface area contributed by atoms with Gasteiger partial charge >= 0.3 is 26.2 Å². The molecule has 0 N–H and O–H groups in total. The molecule has 2 bridgehead atoms. The van der Waals surface area contributed by atoms with E-state index in [1.165, 1.54) is 38.6 Å². The smallest absolute Gasteiger partial charge is 1.00 e. The van der Waals surface area contributed by atoms with E-state index >= 15 is 0 Å². The first-order valence-corrected chi connectivity index (χ1v) is 12.9. The molecule has 31 heavy (non-hydrogen) atoms. The second-order valence-electron chi connectivity index (χ2n) is 8.44. The van der Waals surface area contributed by atoms with Crippen molar-refractivity contribution in [2.24, 2.45) is 4.99 Å². The third-order valence-electron chi connectivity index (χ3n) is 6.22. The number of allylic oxidation sites excluding steroid dienone is 5. The van der Waals surface area contributed by atoms with Gasteiger partial charge in [-0.2, -0.15) is 6.07 Å². The molecule has 0 amide bonds. The molecule has 3 aromatic carbocycles. The average Bonchev–Trinajstić information content (AvgIpc) is 3.38. The van der Waals surface area contributed by atoms with Crippen molar-refractivity contribution in [3.8, 4) is 11.1 Å². The van der Waals surface area contributed by atoms with Gasteiger partial charge in [0.2, 0.25) is 0 Å². The van der Waals surface area contributed by atoms with Crippen LogP contribution in [0.1, 0.15) is 12.5 Å². The summed E-state index contributed by atoms with van der Waals surface area (Å²) in [6.07, 6.45) is 4.06. The first kappa shape index (κ1) is 25.9. The molecule has 0 spiro atoms. The number of fused-ring (bicyclic) bond motifs is 1. The van der Waals surface area contributed by atoms with E-state index in [0.717, 1.165) is 0 Å². The monoisotopic (exact) mass is 538 g/mol. The van der Waals surface area contributed by atoms with Crippen molar-refractivity contribution in [3.05, 3.63) is 99.5 Å². The van der Waals surface area contributed by atoms with E-state index in [4.69, 9.17) is 0 Å². The Kier molecular flexibility index (Phi) is 8.04. The van der Waals surface area contributed by atoms with E-state index < -0.39 is 8.07 Å². The van der Waals surface area contributed by atoms with Crippen LogP contribution < -0.4 is 24.8 Å². The Labute approximate surface area is 217 Å². The van der Waals surface area contributed by atoms with Crippen LogP contribution in [0.2, 0.25) is 13.1 Å². The van der Waals surface area contributed by atoms with Crippen molar-refractivity contribution in [3.63, 3.8) is 0 Å². The van der Waals surface area contributed by atoms with Crippen molar-refractivity contribution >= 4 is 25.1 Å². The van der Waals surface area contributed by atoms with Gasteiger partial charge in [0.1, 0.15) is 8.07 Å². The third-order valence-corrected chi connectivity index (χ3v) is 10.0. The van der Waals surface area contributed by atoms with Gasteiger partial charge in [0.05, 0.1) is 0 Å². The standard InChI is InChI=1S/C16H13.C10H11NSi.2ClH.Zr/c1-12-10-14-8-5-9-15(16(14)11-12)13-6-3-2-4-7-13;1-6-9-7-4-11-5-8(7)10(6)12(9,2)3;;;/h2-11H,1H3;4-5H,1-3H3;2*1H;/q-1;;;;+3/p-2. The number of hydrogen-bond acceptors (Lipinski definition) is 1. The Morgan fingerprint density at radius 3 is 2.23 bits per heavy atom. The first-order chi connectivity index (χ1) is 13.5. The molecule has 1 radical (unpaired) electrons. The number of hydrogen-bond donors (Lipinski definition) is 0. The maximum atomic E-state index is 4.19. The van der Waals surface area contributed by atoms with Crippen molar-refractivity contribution < 1.29 is 51.0 Å². The molecule has 0 aromatic heterocycles. The number of benzene rings is 2. The second-order valence-corrected chi connectivity index (χ2v) is 12.7. The summed E-state index contributed by atoms with van der Waals surface area (Å²) in [5.41, 5.74) is 8.39. The minimum atomic E-state index is -1.11. The van der Waals surface area contributed by atoms with Crippen molar-refractivity contribution in [2.75, 3.05) is 0 Å². The summed E-state index contributed by atoms with van der Waals surface area (Å²) in [4.78, 5) is 4.19. The fraction of sp³-hybridized carbons (Fsp3) is 0.154. The van der Waals surface area contributed by atoms with Gasteiger partial charge in [-0.15, -0.1) is 34.5 Å². The zero-order chi connectivity index (χ0) is 19.5. The molecule has 3 aliphatic heterocycles. The van der Waals surface area contributed by atoms with Crippen LogP contribution in [-0.4, -0.2) is 14.3 Å². The quantitative estimate of drug-likeness (QED) is 0.322. The maximum absolute atomic E-state index is 4.19. The van der Waals surface area contributed by atoms with Crippen molar-refractivity contribution in [1.82, 2.24) is 0 Å². The van der Waals surface area contributed by atoms with Gasteiger partial charge in [0.15, 0.2) is 0 Å². The molecule has 0 unspecified atom stereocenters. The van der Waals surface area contributed by atoms with Crippen LogP contribution >= 0.6 is 0 Å². The van der Waals surface area contributed by atoms with Gasteiger partial charge in [0.25, 0.3) is 0 Å². The largest absolute Gasteiger partial charge is 3.00 e. The van der Waals surface area contributed by atoms with Gasteiger partial charge < -0.3 is 24.8 Å². The Bertz CT molecular complexity index is 1250. The van der Waals surface area contributed by atoms with Crippen LogP contribution in [0.15, 0.2) is 99.0 Å². The molecule has 0 saturated heterocycles. The van der Waals surface area contributed by atoms with Gasteiger partial charge in [-0.3, -0.25) is 4.99 Å². The summed E-state index contributed by atoms with van der Waals surface area (Å²) in [5.74, 6) is 0. The summed E-state index contributed by atoms with van der Waals surface area (Å²) < 4.78 is 0. The average molecular weight is 541 g/mol. The minimum Gasteiger partial charge on any atom is -1.00 e. The van der Waals surface area contributed by atoms with Crippen LogP contribution in [0.25, 0.3) is 21.9 Å². The second kappa shape index (κ2) is 9.63. The molecule has 3 aromatic rings. The number of aryl methyl sites for hydroxylation is 1. The Balaban J connectivity index is 0.000000207. The predicted molar refractivity (Wildman–Crippen MR) is 123 cm³/mol. The van der Waals surface area contributed by atoms with Crippen LogP contribution in [0.3, 0.4) is 0 Å². The van der Waals surface area contributed by atoms with E-state index in [1.54, 1.807) is 16.0 Å². The molecule has 3 heterocycles. The van der Waals surface area contributed by atoms with Gasteiger partial charge in [-0.1, -0.05) is 67.6 Å². The Morgan fingerprint density at radius 1 is 0.871 bits per heavy atom. The summed E-state index contributed by atoms with van der Waals surface area (Å²) in [6.45, 7) is 9.27. The molecule has 0 atom stereocenters. The zero-order valence-corrected chi connectivity index (χ0v) is 23.1. The van der Waals surface area contributed by atoms with Crippen molar-refractivity contribution in [1.29, 1.82) is 0 Å². The van der Waals surface area contributed by atoms with Crippen LogP contribution in [0.5, 0.6) is 0 Å². The molecule has 7 rings (SSSR count). The van der Waals surface area contributed by atoms with Gasteiger partial charge in [0, 0.05) is 23.6 Å². The maximum Gasteiger partial charge on any atom is 3.00 e. The third kappa shape index (κ3) is 4.07. The molecule has 5 heteroatoms. The number of nitrogens with zero attached hydrogens (tertiary/aromatic N) is 1. The molecular weight excluding hydrogens is 517 g/mol. The molecule has 155 valence electrons. The minimum absolute atomic E-state index is 0. The summed E-state index contributed by atoms with van der Waals surface area (Å²) in [6, 6.07) is 21.6. The molecule has 0 saturated carbocycles. The Morgan fingerprint density at radius 2 is 1.58 bits per heavy atom. The van der Waals surface area contributed by atoms with E-state index in [-0.39, 0.29) is 51.0 Å². The molecule has 1 nitrogen and oxygen atoms in total.